The number of aromatic nitrogens is 2. The maximum Gasteiger partial charge on any atom is 0.281 e. The zero-order valence-electron chi connectivity index (χ0n) is 20.7. The number of aromatic amines is 1. The number of ether oxygens (including phenoxy) is 2. The minimum atomic E-state index is -3.53. The number of carbonyl (C=O) groups is 1. The first kappa shape index (κ1) is 25.5. The third-order valence-corrected chi connectivity index (χ3v) is 8.50. The first-order valence-corrected chi connectivity index (χ1v) is 13.8. The van der Waals surface area contributed by atoms with Gasteiger partial charge in [0.1, 0.15) is 0 Å². The van der Waals surface area contributed by atoms with Gasteiger partial charge >= 0.3 is 0 Å². The summed E-state index contributed by atoms with van der Waals surface area (Å²) in [5.74, 6) is 1.03. The Morgan fingerprint density at radius 2 is 1.77 bits per heavy atom. The van der Waals surface area contributed by atoms with Crippen LogP contribution in [0.2, 0.25) is 0 Å². The summed E-state index contributed by atoms with van der Waals surface area (Å²) in [6.45, 7) is 8.47. The Balaban J connectivity index is 1.52. The first-order chi connectivity index (χ1) is 16.8. The van der Waals surface area contributed by atoms with E-state index in [-0.39, 0.29) is 12.5 Å². The molecule has 35 heavy (non-hydrogen) atoms. The maximum atomic E-state index is 13.2. The van der Waals surface area contributed by atoms with E-state index in [1.54, 1.807) is 0 Å². The number of piperidine rings is 1. The number of aryl methyl sites for hydroxylation is 1. The molecule has 0 radical (unpaired) electrons. The van der Waals surface area contributed by atoms with Crippen molar-refractivity contribution in [3.63, 3.8) is 0 Å². The summed E-state index contributed by atoms with van der Waals surface area (Å²) in [5.41, 5.74) is 2.40. The molecule has 2 aliphatic heterocycles. The number of nitrogens with zero attached hydrogens (tertiary/aromatic N) is 3. The molecule has 3 heterocycles. The summed E-state index contributed by atoms with van der Waals surface area (Å²) < 4.78 is 40.4. The largest absolute Gasteiger partial charge is 0.490 e. The van der Waals surface area contributed by atoms with Crippen molar-refractivity contribution in [2.45, 2.75) is 46.5 Å². The molecule has 11 heteroatoms. The molecule has 2 aromatic rings. The molecule has 2 fully saturated rings. The summed E-state index contributed by atoms with van der Waals surface area (Å²) >= 11 is 0. The third-order valence-electron chi connectivity index (χ3n) is 6.49. The van der Waals surface area contributed by atoms with Crippen LogP contribution in [0.25, 0.3) is 11.1 Å². The van der Waals surface area contributed by atoms with Crippen LogP contribution in [0.4, 0.5) is 5.82 Å². The predicted molar refractivity (Wildman–Crippen MR) is 134 cm³/mol. The number of carbonyl (C=O) groups excluding carboxylic acids is 1. The van der Waals surface area contributed by atoms with E-state index in [0.717, 1.165) is 29.7 Å². The predicted octanol–water partition coefficient (Wildman–Crippen LogP) is 3.17. The second kappa shape index (κ2) is 11.0. The molecule has 0 aliphatic carbocycles. The lowest BCUT2D eigenvalue weighted by Crippen LogP contribution is -2.49. The van der Waals surface area contributed by atoms with E-state index in [9.17, 15) is 13.2 Å². The van der Waals surface area contributed by atoms with Crippen molar-refractivity contribution in [1.29, 1.82) is 0 Å². The van der Waals surface area contributed by atoms with Gasteiger partial charge in [0.15, 0.2) is 17.3 Å². The van der Waals surface area contributed by atoms with Crippen molar-refractivity contribution in [2.24, 2.45) is 5.92 Å². The Hall–Kier alpha value is -2.63. The smallest absolute Gasteiger partial charge is 0.281 e. The van der Waals surface area contributed by atoms with Crippen LogP contribution in [0.1, 0.15) is 45.2 Å². The average molecular weight is 506 g/mol. The quantitative estimate of drug-likeness (QED) is 0.541. The monoisotopic (exact) mass is 505 g/mol. The van der Waals surface area contributed by atoms with Gasteiger partial charge in [0.05, 0.1) is 19.1 Å². The average Bonchev–Trinajstić information content (AvgIpc) is 3.52. The molecule has 2 aliphatic rings. The van der Waals surface area contributed by atoms with Crippen LogP contribution in [-0.2, 0) is 15.0 Å². The Bertz CT molecular complexity index is 1140. The number of H-pyrrole nitrogens is 1. The second-order valence-electron chi connectivity index (χ2n) is 8.90. The summed E-state index contributed by atoms with van der Waals surface area (Å²) in [6, 6.07) is 5.64. The molecule has 4 rings (SSSR count). The number of amides is 1. The van der Waals surface area contributed by atoms with E-state index in [2.05, 4.69) is 15.5 Å². The van der Waals surface area contributed by atoms with Crippen LogP contribution < -0.4 is 14.8 Å². The second-order valence-corrected chi connectivity index (χ2v) is 10.8. The minimum absolute atomic E-state index is 0.181. The van der Waals surface area contributed by atoms with Gasteiger partial charge in [-0.05, 0) is 64.2 Å². The molecule has 1 aromatic carbocycles. The van der Waals surface area contributed by atoms with Gasteiger partial charge in [-0.25, -0.2) is 0 Å². The van der Waals surface area contributed by atoms with Crippen molar-refractivity contribution in [1.82, 2.24) is 18.8 Å². The number of hydrogen-bond donors (Lipinski definition) is 2. The van der Waals surface area contributed by atoms with Crippen molar-refractivity contribution in [3.05, 3.63) is 23.9 Å². The number of nitrogens with one attached hydrogen (secondary N) is 2. The van der Waals surface area contributed by atoms with Crippen LogP contribution in [0.5, 0.6) is 11.5 Å². The lowest BCUT2D eigenvalue weighted by Gasteiger charge is -2.33. The Kier molecular flexibility index (Phi) is 7.98. The summed E-state index contributed by atoms with van der Waals surface area (Å²) in [6.07, 6.45) is 3.05. The molecule has 2 N–H and O–H groups in total. The normalized spacial score (nSPS) is 19.6. The number of rotatable bonds is 9. The molecule has 0 bridgehead atoms. The fourth-order valence-corrected chi connectivity index (χ4v) is 6.52. The maximum absolute atomic E-state index is 13.2. The standard InChI is InChI=1S/C24H35N5O5S/c1-4-33-20-11-10-18(15-21(20)34-5-2)22-17(3)26-27-23(22)25-24(30)19-9-8-14-29(16-19)35(31,32)28-12-6-7-13-28/h10-11,15,19H,4-9,12-14,16H2,1-3H3,(H2,25,26,27,30). The highest BCUT2D eigenvalue weighted by Crippen LogP contribution is 2.37. The molecule has 2 saturated heterocycles. The van der Waals surface area contributed by atoms with Crippen molar-refractivity contribution < 1.29 is 22.7 Å². The van der Waals surface area contributed by atoms with E-state index in [1.165, 1.54) is 8.61 Å². The van der Waals surface area contributed by atoms with Crippen molar-refractivity contribution in [3.8, 4) is 22.6 Å². The summed E-state index contributed by atoms with van der Waals surface area (Å²) in [5, 5.41) is 10.2. The topological polar surface area (TPSA) is 117 Å². The van der Waals surface area contributed by atoms with Crippen LogP contribution in [0.15, 0.2) is 18.2 Å². The number of anilines is 1. The van der Waals surface area contributed by atoms with Crippen LogP contribution in [0.3, 0.4) is 0 Å². The van der Waals surface area contributed by atoms with Crippen LogP contribution >= 0.6 is 0 Å². The van der Waals surface area contributed by atoms with Crippen LogP contribution in [0, 0.1) is 12.8 Å². The molecule has 0 spiro atoms. The van der Waals surface area contributed by atoms with Gasteiger partial charge in [0.2, 0.25) is 5.91 Å². The minimum Gasteiger partial charge on any atom is -0.490 e. The zero-order valence-corrected chi connectivity index (χ0v) is 21.5. The molecule has 1 atom stereocenters. The number of hydrogen-bond acceptors (Lipinski definition) is 6. The molecule has 1 unspecified atom stereocenters. The van der Waals surface area contributed by atoms with E-state index in [4.69, 9.17) is 9.47 Å². The van der Waals surface area contributed by atoms with Gasteiger partial charge in [0.25, 0.3) is 10.2 Å². The molecule has 192 valence electrons. The van der Waals surface area contributed by atoms with Gasteiger partial charge in [-0.3, -0.25) is 9.89 Å². The SMILES string of the molecule is CCOc1ccc(-c2c(NC(=O)C3CCCN(S(=O)(=O)N4CCCC4)C3)n[nH]c2C)cc1OCC. The Morgan fingerprint density at radius 1 is 1.09 bits per heavy atom. The van der Waals surface area contributed by atoms with Gasteiger partial charge in [0, 0.05) is 37.4 Å². The van der Waals surface area contributed by atoms with Gasteiger partial charge in [-0.15, -0.1) is 0 Å². The van der Waals surface area contributed by atoms with Crippen molar-refractivity contribution >= 4 is 21.9 Å². The molecule has 1 aromatic heterocycles. The fraction of sp³-hybridized carbons (Fsp3) is 0.583. The summed E-state index contributed by atoms with van der Waals surface area (Å²) in [7, 11) is -3.53. The van der Waals surface area contributed by atoms with Crippen LogP contribution in [-0.4, -0.2) is 72.5 Å². The van der Waals surface area contributed by atoms with Gasteiger partial charge < -0.3 is 14.8 Å². The third kappa shape index (κ3) is 5.46. The van der Waals surface area contributed by atoms with Gasteiger partial charge in [-0.1, -0.05) is 6.07 Å². The van der Waals surface area contributed by atoms with E-state index >= 15 is 0 Å². The Labute approximate surface area is 207 Å². The zero-order chi connectivity index (χ0) is 25.0. The number of benzene rings is 1. The molecule has 10 nitrogen and oxygen atoms in total. The van der Waals surface area contributed by atoms with Crippen molar-refractivity contribution in [2.75, 3.05) is 44.7 Å². The fourth-order valence-electron chi connectivity index (χ4n) is 4.75. The van der Waals surface area contributed by atoms with E-state index < -0.39 is 16.1 Å². The Morgan fingerprint density at radius 3 is 2.49 bits per heavy atom. The highest BCUT2D eigenvalue weighted by atomic mass is 32.2. The molecular weight excluding hydrogens is 470 g/mol. The molecule has 1 amide bonds. The first-order valence-electron chi connectivity index (χ1n) is 12.4. The molecule has 0 saturated carbocycles. The summed E-state index contributed by atoms with van der Waals surface area (Å²) in [4.78, 5) is 13.2. The lowest BCUT2D eigenvalue weighted by atomic mass is 9.98. The van der Waals surface area contributed by atoms with Gasteiger partial charge in [-0.2, -0.15) is 22.1 Å². The van der Waals surface area contributed by atoms with E-state index in [0.29, 0.717) is 63.0 Å². The lowest BCUT2D eigenvalue weighted by molar-refractivity contribution is -0.120. The highest BCUT2D eigenvalue weighted by Gasteiger charge is 2.37. The highest BCUT2D eigenvalue weighted by molar-refractivity contribution is 7.86. The van der Waals surface area contributed by atoms with E-state index in [1.807, 2.05) is 39.0 Å². The molecular formula is C24H35N5O5S.